The van der Waals surface area contributed by atoms with Crippen LogP contribution in [0, 0.1) is 56.7 Å². The van der Waals surface area contributed by atoms with Crippen LogP contribution in [0.2, 0.25) is 0 Å². The molecule has 0 aromatic heterocycles. The van der Waals surface area contributed by atoms with Crippen molar-refractivity contribution in [3.8, 4) is 0 Å². The zero-order valence-electron chi connectivity index (χ0n) is 26.4. The molecule has 4 saturated carbocycles. The molecule has 3 nitrogen and oxygen atoms in total. The van der Waals surface area contributed by atoms with Crippen molar-refractivity contribution in [2.75, 3.05) is 5.73 Å². The van der Waals surface area contributed by atoms with E-state index in [0.29, 0.717) is 33.4 Å². The molecule has 5 aliphatic carbocycles. The van der Waals surface area contributed by atoms with Gasteiger partial charge in [-0.1, -0.05) is 85.9 Å². The van der Waals surface area contributed by atoms with Crippen molar-refractivity contribution in [2.45, 2.75) is 119 Å². The van der Waals surface area contributed by atoms with E-state index in [-0.39, 0.29) is 10.8 Å². The summed E-state index contributed by atoms with van der Waals surface area (Å²) in [6.07, 6.45) is 16.9. The lowest BCUT2D eigenvalue weighted by molar-refractivity contribution is -0.125. The first-order valence-corrected chi connectivity index (χ1v) is 16.6. The van der Waals surface area contributed by atoms with Gasteiger partial charge in [0.1, 0.15) is 0 Å². The number of nitrogen functional groups attached to an aromatic ring is 1. The molecular formula is C37H55NO2. The lowest BCUT2D eigenvalue weighted by atomic mass is 9.41. The van der Waals surface area contributed by atoms with Gasteiger partial charge in [0.2, 0.25) is 0 Å². The van der Waals surface area contributed by atoms with Gasteiger partial charge in [0.15, 0.2) is 0 Å². The molecule has 3 heteroatoms. The number of carboxylic acid groups (broad SMARTS) is 1. The molecule has 1 aromatic rings. The van der Waals surface area contributed by atoms with E-state index in [1.54, 1.807) is 6.07 Å². The van der Waals surface area contributed by atoms with Crippen molar-refractivity contribution >= 4 is 17.2 Å². The van der Waals surface area contributed by atoms with Gasteiger partial charge in [-0.25, -0.2) is 4.79 Å². The zero-order chi connectivity index (χ0) is 28.9. The maximum Gasteiger partial charge on any atom is 0.338 e. The Morgan fingerprint density at radius 2 is 1.70 bits per heavy atom. The molecule has 2 spiro atoms. The lowest BCUT2D eigenvalue weighted by Crippen LogP contribution is -2.56. The Morgan fingerprint density at radius 3 is 2.40 bits per heavy atom. The standard InChI is InChI=1S/C37H55NO2/c1-23(2)10-8-11-24(3)26-17-19-35(7)30-15-14-29-33(4,5)18-16-27(25-12-9-13-28(38)31(25)32(39)40)37(29)22-36(30,37)21-20-34(26,35)6/h9,12-13,16,23-24,26,29-30H,8,10-11,14-15,17-22,38H2,1-7H3,(H,39,40)/t24-,26-,29+,30+,34-,35+,36+,37+/m1/s1. The SMILES string of the molecule is CC(C)CCC[C@@H](C)[C@H]1CC[C@@]2(C)[C@@H]3CC[C@H]4C(C)(C)CC=C(c5cccc(N)c5C(=O)O)[C@@]45C[C@@]35CC[C@]12C. The van der Waals surface area contributed by atoms with Gasteiger partial charge < -0.3 is 10.8 Å². The van der Waals surface area contributed by atoms with Crippen LogP contribution in [0.1, 0.15) is 135 Å². The minimum absolute atomic E-state index is 0.0982. The predicted octanol–water partition coefficient (Wildman–Crippen LogP) is 9.86. The third-order valence-corrected chi connectivity index (χ3v) is 14.3. The Labute approximate surface area is 243 Å². The van der Waals surface area contributed by atoms with Crippen molar-refractivity contribution < 1.29 is 9.90 Å². The van der Waals surface area contributed by atoms with E-state index in [4.69, 9.17) is 5.73 Å². The van der Waals surface area contributed by atoms with Gasteiger partial charge in [-0.3, -0.25) is 0 Å². The first-order chi connectivity index (χ1) is 18.8. The molecule has 0 heterocycles. The number of benzene rings is 1. The number of aromatic carboxylic acids is 1. The fourth-order valence-electron chi connectivity index (χ4n) is 12.3. The highest BCUT2D eigenvalue weighted by molar-refractivity contribution is 6.00. The quantitative estimate of drug-likeness (QED) is 0.335. The lowest BCUT2D eigenvalue weighted by Gasteiger charge is -2.63. The highest BCUT2D eigenvalue weighted by Crippen LogP contribution is 2.90. The Morgan fingerprint density at radius 1 is 0.975 bits per heavy atom. The largest absolute Gasteiger partial charge is 0.478 e. The topological polar surface area (TPSA) is 63.3 Å². The van der Waals surface area contributed by atoms with Crippen LogP contribution in [0.5, 0.6) is 0 Å². The van der Waals surface area contributed by atoms with Gasteiger partial charge in [-0.15, -0.1) is 0 Å². The Balaban J connectivity index is 1.39. The summed E-state index contributed by atoms with van der Waals surface area (Å²) >= 11 is 0. The minimum atomic E-state index is -0.887. The van der Waals surface area contributed by atoms with E-state index in [0.717, 1.165) is 35.7 Å². The number of rotatable bonds is 7. The molecule has 0 aliphatic heterocycles. The average molecular weight is 546 g/mol. The molecule has 0 radical (unpaired) electrons. The Kier molecular flexibility index (Phi) is 6.46. The molecule has 0 bridgehead atoms. The van der Waals surface area contributed by atoms with Crippen LogP contribution in [-0.2, 0) is 0 Å². The summed E-state index contributed by atoms with van der Waals surface area (Å²) in [4.78, 5) is 12.5. The summed E-state index contributed by atoms with van der Waals surface area (Å²) < 4.78 is 0. The van der Waals surface area contributed by atoms with Gasteiger partial charge in [-0.2, -0.15) is 0 Å². The first kappa shape index (κ1) is 28.4. The van der Waals surface area contributed by atoms with Crippen LogP contribution in [0.15, 0.2) is 24.3 Å². The number of allylic oxidation sites excluding steroid dienone is 2. The van der Waals surface area contributed by atoms with Crippen LogP contribution in [0.25, 0.3) is 5.57 Å². The van der Waals surface area contributed by atoms with E-state index >= 15 is 0 Å². The fraction of sp³-hybridized carbons (Fsp3) is 0.757. The molecule has 40 heavy (non-hydrogen) atoms. The molecular weight excluding hydrogens is 490 g/mol. The monoisotopic (exact) mass is 545 g/mol. The molecule has 4 fully saturated rings. The Hall–Kier alpha value is -1.77. The van der Waals surface area contributed by atoms with Crippen molar-refractivity contribution in [3.63, 3.8) is 0 Å². The van der Waals surface area contributed by atoms with Crippen molar-refractivity contribution in [2.24, 2.45) is 56.7 Å². The molecule has 5 aliphatic rings. The van der Waals surface area contributed by atoms with Gasteiger partial charge in [0.25, 0.3) is 0 Å². The molecule has 3 N–H and O–H groups in total. The zero-order valence-corrected chi connectivity index (χ0v) is 26.4. The number of fused-ring (bicyclic) bond motifs is 2. The van der Waals surface area contributed by atoms with Crippen LogP contribution in [-0.4, -0.2) is 11.1 Å². The van der Waals surface area contributed by atoms with Crippen LogP contribution in [0.4, 0.5) is 5.69 Å². The maximum absolute atomic E-state index is 12.5. The number of nitrogens with two attached hydrogens (primary N) is 1. The second-order valence-electron chi connectivity index (χ2n) is 16.7. The molecule has 6 rings (SSSR count). The Bertz CT molecular complexity index is 1230. The normalized spacial score (nSPS) is 41.8. The summed E-state index contributed by atoms with van der Waals surface area (Å²) in [7, 11) is 0. The van der Waals surface area contributed by atoms with Crippen LogP contribution >= 0.6 is 0 Å². The van der Waals surface area contributed by atoms with Crippen LogP contribution in [0.3, 0.4) is 0 Å². The molecule has 0 saturated heterocycles. The minimum Gasteiger partial charge on any atom is -0.478 e. The van der Waals surface area contributed by atoms with Crippen LogP contribution < -0.4 is 5.73 Å². The highest BCUT2D eigenvalue weighted by Gasteiger charge is 2.82. The van der Waals surface area contributed by atoms with E-state index in [1.807, 2.05) is 6.07 Å². The number of anilines is 1. The number of hydrogen-bond donors (Lipinski definition) is 2. The molecule has 0 unspecified atom stereocenters. The third kappa shape index (κ3) is 3.57. The number of hydrogen-bond acceptors (Lipinski definition) is 2. The summed E-state index contributed by atoms with van der Waals surface area (Å²) in [5.41, 5.74) is 10.7. The average Bonchev–Trinajstić information content (AvgIpc) is 3.46. The highest BCUT2D eigenvalue weighted by atomic mass is 16.4. The van der Waals surface area contributed by atoms with Crippen molar-refractivity contribution in [3.05, 3.63) is 35.4 Å². The second kappa shape index (κ2) is 9.11. The molecule has 0 amide bonds. The molecule has 8 atom stereocenters. The van der Waals surface area contributed by atoms with Crippen molar-refractivity contribution in [1.82, 2.24) is 0 Å². The summed E-state index contributed by atoms with van der Waals surface area (Å²) in [6.45, 7) is 17.6. The first-order valence-electron chi connectivity index (χ1n) is 16.6. The molecule has 220 valence electrons. The predicted molar refractivity (Wildman–Crippen MR) is 166 cm³/mol. The second-order valence-corrected chi connectivity index (χ2v) is 16.7. The van der Waals surface area contributed by atoms with E-state index in [1.165, 1.54) is 69.8 Å². The van der Waals surface area contributed by atoms with E-state index in [2.05, 4.69) is 60.6 Å². The summed E-state index contributed by atoms with van der Waals surface area (Å²) in [5, 5.41) is 10.3. The summed E-state index contributed by atoms with van der Waals surface area (Å²) in [6, 6.07) is 5.79. The van der Waals surface area contributed by atoms with Gasteiger partial charge in [0.05, 0.1) is 5.56 Å². The van der Waals surface area contributed by atoms with E-state index in [9.17, 15) is 9.90 Å². The fourth-order valence-corrected chi connectivity index (χ4v) is 12.3. The van der Waals surface area contributed by atoms with Gasteiger partial charge in [0, 0.05) is 11.1 Å². The van der Waals surface area contributed by atoms with Crippen molar-refractivity contribution in [1.29, 1.82) is 0 Å². The van der Waals surface area contributed by atoms with Gasteiger partial charge >= 0.3 is 5.97 Å². The maximum atomic E-state index is 12.5. The number of carbonyl (C=O) groups is 1. The smallest absolute Gasteiger partial charge is 0.338 e. The van der Waals surface area contributed by atoms with Gasteiger partial charge in [-0.05, 0) is 120 Å². The third-order valence-electron chi connectivity index (χ3n) is 14.3. The number of carboxylic acids is 1. The molecule has 1 aromatic carbocycles. The summed E-state index contributed by atoms with van der Waals surface area (Å²) in [5.74, 6) is 2.89. The van der Waals surface area contributed by atoms with E-state index < -0.39 is 5.97 Å².